The lowest BCUT2D eigenvalue weighted by molar-refractivity contribution is -0.384. The van der Waals surface area contributed by atoms with Gasteiger partial charge >= 0.3 is 0 Å². The average Bonchev–Trinajstić information content (AvgIpc) is 3.09. The summed E-state index contributed by atoms with van der Waals surface area (Å²) in [4.78, 5) is 11.9. The van der Waals surface area contributed by atoms with Crippen molar-refractivity contribution in [2.75, 3.05) is 6.54 Å². The first kappa shape index (κ1) is 13.0. The molecule has 0 aliphatic carbocycles. The SMILES string of the molecule is CC(C)N1CC1S(=O)(=O)c1ccc([N+](=O)[O-])cc1. The molecule has 1 fully saturated rings. The maximum absolute atomic E-state index is 12.2. The van der Waals surface area contributed by atoms with Crippen molar-refractivity contribution in [3.05, 3.63) is 34.4 Å². The van der Waals surface area contributed by atoms with Crippen LogP contribution >= 0.6 is 0 Å². The summed E-state index contributed by atoms with van der Waals surface area (Å²) in [7, 11) is -3.40. The number of non-ortho nitro benzene ring substituents is 1. The number of hydrogen-bond acceptors (Lipinski definition) is 5. The first-order valence-electron chi connectivity index (χ1n) is 5.58. The molecule has 7 heteroatoms. The van der Waals surface area contributed by atoms with Crippen LogP contribution in [0.3, 0.4) is 0 Å². The Labute approximate surface area is 105 Å². The van der Waals surface area contributed by atoms with Crippen molar-refractivity contribution < 1.29 is 13.3 Å². The molecule has 0 spiro atoms. The zero-order valence-electron chi connectivity index (χ0n) is 10.1. The van der Waals surface area contributed by atoms with Crippen LogP contribution < -0.4 is 0 Å². The fourth-order valence-electron chi connectivity index (χ4n) is 1.87. The molecule has 6 nitrogen and oxygen atoms in total. The first-order valence-corrected chi connectivity index (χ1v) is 7.13. The van der Waals surface area contributed by atoms with Crippen LogP contribution in [0.5, 0.6) is 0 Å². The maximum atomic E-state index is 12.2. The first-order chi connectivity index (χ1) is 8.34. The van der Waals surface area contributed by atoms with Crippen molar-refractivity contribution in [3.8, 4) is 0 Å². The Balaban J connectivity index is 2.24. The lowest BCUT2D eigenvalue weighted by Gasteiger charge is -2.08. The van der Waals surface area contributed by atoms with Gasteiger partial charge in [0.05, 0.1) is 9.82 Å². The number of hydrogen-bond donors (Lipinski definition) is 0. The number of rotatable bonds is 4. The van der Waals surface area contributed by atoms with Gasteiger partial charge in [-0.3, -0.25) is 15.0 Å². The molecule has 0 aromatic heterocycles. The molecule has 2 rings (SSSR count). The van der Waals surface area contributed by atoms with Gasteiger partial charge in [-0.25, -0.2) is 8.42 Å². The molecule has 1 aliphatic heterocycles. The van der Waals surface area contributed by atoms with Crippen LogP contribution in [-0.4, -0.2) is 36.2 Å². The maximum Gasteiger partial charge on any atom is 0.269 e. The molecule has 1 aromatic carbocycles. The van der Waals surface area contributed by atoms with Crippen LogP contribution in [0.2, 0.25) is 0 Å². The fraction of sp³-hybridized carbons (Fsp3) is 0.455. The summed E-state index contributed by atoms with van der Waals surface area (Å²) < 4.78 is 24.4. The van der Waals surface area contributed by atoms with E-state index >= 15 is 0 Å². The lowest BCUT2D eigenvalue weighted by atomic mass is 10.3. The highest BCUT2D eigenvalue weighted by atomic mass is 32.2. The summed E-state index contributed by atoms with van der Waals surface area (Å²) in [6.07, 6.45) is 0. The minimum absolute atomic E-state index is 0.106. The fourth-order valence-corrected chi connectivity index (χ4v) is 3.67. The van der Waals surface area contributed by atoms with Crippen molar-refractivity contribution in [1.82, 2.24) is 4.90 Å². The van der Waals surface area contributed by atoms with Crippen molar-refractivity contribution in [2.45, 2.75) is 30.2 Å². The Morgan fingerprint density at radius 2 is 1.89 bits per heavy atom. The van der Waals surface area contributed by atoms with E-state index in [2.05, 4.69) is 0 Å². The van der Waals surface area contributed by atoms with E-state index in [0.29, 0.717) is 6.54 Å². The third-order valence-corrected chi connectivity index (χ3v) is 5.07. The summed E-state index contributed by atoms with van der Waals surface area (Å²) in [5, 5.41) is 10.0. The average molecular weight is 270 g/mol. The molecule has 1 aromatic rings. The van der Waals surface area contributed by atoms with Gasteiger partial charge in [-0.1, -0.05) is 0 Å². The summed E-state index contributed by atoms with van der Waals surface area (Å²) in [5.74, 6) is 0. The highest BCUT2D eigenvalue weighted by Crippen LogP contribution is 2.31. The molecule has 0 saturated carbocycles. The summed E-state index contributed by atoms with van der Waals surface area (Å²) in [6, 6.07) is 5.21. The van der Waals surface area contributed by atoms with E-state index in [1.165, 1.54) is 24.3 Å². The van der Waals surface area contributed by atoms with E-state index < -0.39 is 20.1 Å². The van der Waals surface area contributed by atoms with Gasteiger partial charge in [0.2, 0.25) is 0 Å². The summed E-state index contributed by atoms with van der Waals surface area (Å²) >= 11 is 0. The van der Waals surface area contributed by atoms with Gasteiger partial charge in [-0.15, -0.1) is 0 Å². The van der Waals surface area contributed by atoms with Gasteiger partial charge in [0, 0.05) is 24.7 Å². The monoisotopic (exact) mass is 270 g/mol. The second-order valence-corrected chi connectivity index (χ2v) is 6.65. The smallest absolute Gasteiger partial charge is 0.269 e. The molecule has 98 valence electrons. The van der Waals surface area contributed by atoms with Crippen LogP contribution in [0.1, 0.15) is 13.8 Å². The Hall–Kier alpha value is -1.47. The van der Waals surface area contributed by atoms with E-state index in [1.54, 1.807) is 0 Å². The van der Waals surface area contributed by atoms with Crippen LogP contribution in [0.25, 0.3) is 0 Å². The van der Waals surface area contributed by atoms with Crippen LogP contribution in [-0.2, 0) is 9.84 Å². The molecule has 0 N–H and O–H groups in total. The second-order valence-electron chi connectivity index (χ2n) is 4.54. The van der Waals surface area contributed by atoms with E-state index in [4.69, 9.17) is 0 Å². The number of nitrogens with zero attached hydrogens (tertiary/aromatic N) is 2. The van der Waals surface area contributed by atoms with Crippen molar-refractivity contribution in [3.63, 3.8) is 0 Å². The normalized spacial score (nSPS) is 23.1. The molecule has 2 unspecified atom stereocenters. The van der Waals surface area contributed by atoms with Crippen LogP contribution in [0.15, 0.2) is 29.2 Å². The molecule has 18 heavy (non-hydrogen) atoms. The predicted octanol–water partition coefficient (Wildman–Crippen LogP) is 1.42. The van der Waals surface area contributed by atoms with Crippen molar-refractivity contribution >= 4 is 15.5 Å². The molecule has 1 aliphatic rings. The predicted molar refractivity (Wildman–Crippen MR) is 65.9 cm³/mol. The van der Waals surface area contributed by atoms with Gasteiger partial charge in [0.1, 0.15) is 5.37 Å². The Morgan fingerprint density at radius 3 is 2.28 bits per heavy atom. The molecule has 1 heterocycles. The summed E-state index contributed by atoms with van der Waals surface area (Å²) in [6.45, 7) is 4.40. The van der Waals surface area contributed by atoms with Crippen molar-refractivity contribution in [1.29, 1.82) is 0 Å². The minimum Gasteiger partial charge on any atom is -0.281 e. The highest BCUT2D eigenvalue weighted by Gasteiger charge is 2.46. The quantitative estimate of drug-likeness (QED) is 0.469. The number of nitro benzene ring substituents is 1. The minimum atomic E-state index is -3.40. The Kier molecular flexibility index (Phi) is 3.12. The Bertz CT molecular complexity index is 565. The topological polar surface area (TPSA) is 80.3 Å². The van der Waals surface area contributed by atoms with E-state index in [9.17, 15) is 18.5 Å². The van der Waals surface area contributed by atoms with Crippen molar-refractivity contribution in [2.24, 2.45) is 0 Å². The molecule has 0 amide bonds. The van der Waals surface area contributed by atoms with E-state index in [-0.39, 0.29) is 16.6 Å². The van der Waals surface area contributed by atoms with Gasteiger partial charge in [0.25, 0.3) is 5.69 Å². The zero-order chi connectivity index (χ0) is 13.5. The molecular formula is C11H14N2O4S. The lowest BCUT2D eigenvalue weighted by Crippen LogP contribution is -2.18. The highest BCUT2D eigenvalue weighted by molar-refractivity contribution is 7.92. The second kappa shape index (κ2) is 4.33. The van der Waals surface area contributed by atoms with Crippen LogP contribution in [0, 0.1) is 10.1 Å². The van der Waals surface area contributed by atoms with Crippen LogP contribution in [0.4, 0.5) is 5.69 Å². The Morgan fingerprint density at radius 1 is 1.33 bits per heavy atom. The third kappa shape index (κ3) is 2.23. The number of sulfone groups is 1. The molecule has 2 atom stereocenters. The zero-order valence-corrected chi connectivity index (χ0v) is 10.9. The van der Waals surface area contributed by atoms with E-state index in [1.807, 2.05) is 18.7 Å². The number of benzene rings is 1. The van der Waals surface area contributed by atoms with Gasteiger partial charge in [-0.2, -0.15) is 0 Å². The van der Waals surface area contributed by atoms with Gasteiger partial charge in [0.15, 0.2) is 9.84 Å². The molecule has 0 radical (unpaired) electrons. The third-order valence-electron chi connectivity index (χ3n) is 3.00. The summed E-state index contributed by atoms with van der Waals surface area (Å²) in [5.41, 5.74) is -0.106. The molecule has 1 saturated heterocycles. The van der Waals surface area contributed by atoms with E-state index in [0.717, 1.165) is 0 Å². The molecule has 0 bridgehead atoms. The number of nitro groups is 1. The van der Waals surface area contributed by atoms with Gasteiger partial charge < -0.3 is 0 Å². The van der Waals surface area contributed by atoms with Gasteiger partial charge in [-0.05, 0) is 26.0 Å². The standard InChI is InChI=1S/C11H14N2O4S/c1-8(2)12-7-11(12)18(16,17)10-5-3-9(4-6-10)13(14)15/h3-6,8,11H,7H2,1-2H3. The molecular weight excluding hydrogens is 256 g/mol. The largest absolute Gasteiger partial charge is 0.281 e.